The molecule has 0 bridgehead atoms. The first-order valence-corrected chi connectivity index (χ1v) is 11.1. The van der Waals surface area contributed by atoms with Gasteiger partial charge in [-0.25, -0.2) is 9.18 Å². The van der Waals surface area contributed by atoms with E-state index in [1.807, 2.05) is 0 Å². The lowest BCUT2D eigenvalue weighted by Crippen LogP contribution is -2.33. The number of rotatable bonds is 8. The highest BCUT2D eigenvalue weighted by molar-refractivity contribution is 8.00. The van der Waals surface area contributed by atoms with E-state index >= 15 is 0 Å². The normalized spacial score (nSPS) is 10.3. The minimum atomic E-state index is -0.759. The third-order valence-electron chi connectivity index (χ3n) is 3.93. The number of thioether (sulfide) groups is 1. The molecular formula is C22H17FN2O5S2. The molecule has 10 heteroatoms. The third-order valence-corrected chi connectivity index (χ3v) is 5.87. The molecule has 1 aromatic heterocycles. The monoisotopic (exact) mass is 472 g/mol. The maximum absolute atomic E-state index is 13.0. The Bertz CT molecular complexity index is 1120. The highest BCUT2D eigenvalue weighted by atomic mass is 32.2. The van der Waals surface area contributed by atoms with Crippen LogP contribution in [0, 0.1) is 5.82 Å². The van der Waals surface area contributed by atoms with E-state index in [1.54, 1.807) is 35.7 Å². The van der Waals surface area contributed by atoms with Crippen molar-refractivity contribution in [2.45, 2.75) is 4.90 Å². The Morgan fingerprint density at radius 3 is 2.41 bits per heavy atom. The lowest BCUT2D eigenvalue weighted by Gasteiger charge is -2.10. The van der Waals surface area contributed by atoms with Crippen LogP contribution < -0.4 is 10.6 Å². The summed E-state index contributed by atoms with van der Waals surface area (Å²) in [5.41, 5.74) is 0.636. The van der Waals surface area contributed by atoms with Gasteiger partial charge in [0.1, 0.15) is 5.82 Å². The van der Waals surface area contributed by atoms with Gasteiger partial charge in [0.2, 0.25) is 5.91 Å². The van der Waals surface area contributed by atoms with Crippen molar-refractivity contribution < 1.29 is 28.3 Å². The number of esters is 1. The van der Waals surface area contributed by atoms with Gasteiger partial charge in [0.05, 0.1) is 16.2 Å². The van der Waals surface area contributed by atoms with Crippen molar-refractivity contribution in [2.75, 3.05) is 17.7 Å². The van der Waals surface area contributed by atoms with Gasteiger partial charge < -0.3 is 10.1 Å². The molecule has 0 saturated carbocycles. The number of nitrogens with one attached hydrogen (secondary N) is 2. The van der Waals surface area contributed by atoms with E-state index < -0.39 is 30.2 Å². The van der Waals surface area contributed by atoms with Crippen LogP contribution in [-0.4, -0.2) is 36.1 Å². The van der Waals surface area contributed by atoms with Crippen LogP contribution in [0.1, 0.15) is 20.0 Å². The molecule has 0 spiro atoms. The fraction of sp³-hybridized carbons (Fsp3) is 0.0909. The second-order valence-electron chi connectivity index (χ2n) is 6.27. The van der Waals surface area contributed by atoms with E-state index in [1.165, 1.54) is 41.7 Å². The summed E-state index contributed by atoms with van der Waals surface area (Å²) in [6, 6.07) is 15.1. The molecular weight excluding hydrogens is 455 g/mol. The van der Waals surface area contributed by atoms with Gasteiger partial charge in [0, 0.05) is 10.6 Å². The molecule has 0 aliphatic rings. The molecule has 1 heterocycles. The second kappa shape index (κ2) is 11.2. The molecule has 0 fully saturated rings. The number of hydrogen-bond acceptors (Lipinski definition) is 7. The largest absolute Gasteiger partial charge is 0.452 e. The number of anilines is 1. The number of benzene rings is 2. The zero-order chi connectivity index (χ0) is 22.9. The van der Waals surface area contributed by atoms with E-state index in [4.69, 9.17) is 4.74 Å². The summed E-state index contributed by atoms with van der Waals surface area (Å²) >= 11 is 2.29. The maximum atomic E-state index is 13.0. The predicted molar refractivity (Wildman–Crippen MR) is 119 cm³/mol. The minimum Gasteiger partial charge on any atom is -0.452 e. The smallest absolute Gasteiger partial charge is 0.339 e. The first-order valence-electron chi connectivity index (χ1n) is 9.24. The van der Waals surface area contributed by atoms with E-state index in [0.717, 1.165) is 11.8 Å². The van der Waals surface area contributed by atoms with Crippen molar-refractivity contribution in [1.82, 2.24) is 5.32 Å². The molecule has 164 valence electrons. The fourth-order valence-electron chi connectivity index (χ4n) is 2.48. The topological polar surface area (TPSA) is 102 Å². The molecule has 0 saturated heterocycles. The average Bonchev–Trinajstić information content (AvgIpc) is 3.33. The number of halogens is 1. The molecule has 7 nitrogen and oxygen atoms in total. The number of amides is 3. The van der Waals surface area contributed by atoms with Gasteiger partial charge in [0.15, 0.2) is 6.61 Å². The van der Waals surface area contributed by atoms with Crippen molar-refractivity contribution in [3.63, 3.8) is 0 Å². The van der Waals surface area contributed by atoms with E-state index in [0.29, 0.717) is 15.5 Å². The number of thiophene rings is 1. The van der Waals surface area contributed by atoms with Crippen molar-refractivity contribution in [3.05, 3.63) is 82.3 Å². The van der Waals surface area contributed by atoms with Crippen LogP contribution in [0.5, 0.6) is 0 Å². The highest BCUT2D eigenvalue weighted by Gasteiger charge is 2.17. The zero-order valence-corrected chi connectivity index (χ0v) is 18.1. The van der Waals surface area contributed by atoms with Gasteiger partial charge in [-0.1, -0.05) is 18.2 Å². The Labute approximate surface area is 191 Å². The van der Waals surface area contributed by atoms with Crippen LogP contribution in [0.3, 0.4) is 0 Å². The first kappa shape index (κ1) is 23.2. The van der Waals surface area contributed by atoms with Crippen molar-refractivity contribution in [1.29, 1.82) is 0 Å². The quantitative estimate of drug-likeness (QED) is 0.383. The molecule has 2 aromatic carbocycles. The number of hydrogen-bond donors (Lipinski definition) is 2. The minimum absolute atomic E-state index is 0.00251. The molecule has 32 heavy (non-hydrogen) atoms. The van der Waals surface area contributed by atoms with Crippen LogP contribution >= 0.6 is 23.1 Å². The Hall–Kier alpha value is -3.50. The molecule has 0 unspecified atom stereocenters. The lowest BCUT2D eigenvalue weighted by molar-refractivity contribution is -0.123. The third kappa shape index (κ3) is 6.76. The van der Waals surface area contributed by atoms with Crippen LogP contribution in [0.25, 0.3) is 0 Å². The number of ether oxygens (including phenoxy) is 1. The van der Waals surface area contributed by atoms with Crippen molar-refractivity contribution >= 4 is 52.5 Å². The van der Waals surface area contributed by atoms with Gasteiger partial charge in [-0.2, -0.15) is 0 Å². The molecule has 2 N–H and O–H groups in total. The van der Waals surface area contributed by atoms with Crippen LogP contribution in [0.2, 0.25) is 0 Å². The lowest BCUT2D eigenvalue weighted by atomic mass is 10.2. The highest BCUT2D eigenvalue weighted by Crippen LogP contribution is 2.23. The molecule has 0 radical (unpaired) electrons. The first-order chi connectivity index (χ1) is 15.4. The van der Waals surface area contributed by atoms with Crippen molar-refractivity contribution in [3.8, 4) is 0 Å². The van der Waals surface area contributed by atoms with E-state index in [9.17, 15) is 23.6 Å². The second-order valence-corrected chi connectivity index (χ2v) is 8.24. The summed E-state index contributed by atoms with van der Waals surface area (Å²) in [6.07, 6.45) is 0. The maximum Gasteiger partial charge on any atom is 0.339 e. The summed E-state index contributed by atoms with van der Waals surface area (Å²) < 4.78 is 18.0. The van der Waals surface area contributed by atoms with Gasteiger partial charge in [-0.3, -0.25) is 19.7 Å². The number of carbonyl (C=O) groups excluding carboxylic acids is 4. The number of imide groups is 1. The van der Waals surface area contributed by atoms with Gasteiger partial charge in [-0.05, 0) is 47.8 Å². The zero-order valence-electron chi connectivity index (χ0n) is 16.5. The van der Waals surface area contributed by atoms with Gasteiger partial charge in [0.25, 0.3) is 11.8 Å². The summed E-state index contributed by atoms with van der Waals surface area (Å²) in [5.74, 6) is -2.82. The van der Waals surface area contributed by atoms with Crippen LogP contribution in [0.4, 0.5) is 10.1 Å². The number of carbonyl (C=O) groups is 4. The molecule has 0 aliphatic carbocycles. The molecule has 0 aliphatic heterocycles. The summed E-state index contributed by atoms with van der Waals surface area (Å²) in [4.78, 5) is 49.2. The van der Waals surface area contributed by atoms with Crippen molar-refractivity contribution in [2.24, 2.45) is 0 Å². The fourth-order valence-corrected chi connectivity index (χ4v) is 3.94. The summed E-state index contributed by atoms with van der Waals surface area (Å²) in [6.45, 7) is -0.625. The molecule has 3 amide bonds. The molecule has 3 aromatic rings. The van der Waals surface area contributed by atoms with E-state index in [2.05, 4.69) is 10.6 Å². The Kier molecular flexibility index (Phi) is 8.12. The van der Waals surface area contributed by atoms with Gasteiger partial charge in [-0.15, -0.1) is 23.1 Å². The average molecular weight is 473 g/mol. The predicted octanol–water partition coefficient (Wildman–Crippen LogP) is 3.73. The standard InChI is InChI=1S/C22H17FN2O5S2/c23-14-7-9-15(10-8-14)24-20(27)13-32-17-5-2-1-4-16(17)22(29)30-12-19(26)25-21(28)18-6-3-11-31-18/h1-11H,12-13H2,(H,24,27)(H,25,26,28). The van der Waals surface area contributed by atoms with Gasteiger partial charge >= 0.3 is 5.97 Å². The molecule has 0 atom stereocenters. The van der Waals surface area contributed by atoms with Crippen LogP contribution in [0.15, 0.2) is 70.9 Å². The van der Waals surface area contributed by atoms with Crippen LogP contribution in [-0.2, 0) is 14.3 Å². The SMILES string of the molecule is O=C(COC(=O)c1ccccc1SCC(=O)Nc1ccc(F)cc1)NC(=O)c1cccs1. The summed E-state index contributed by atoms with van der Waals surface area (Å²) in [7, 11) is 0. The Morgan fingerprint density at radius 2 is 1.69 bits per heavy atom. The molecule has 3 rings (SSSR count). The summed E-state index contributed by atoms with van der Waals surface area (Å²) in [5, 5.41) is 6.48. The van der Waals surface area contributed by atoms with E-state index in [-0.39, 0.29) is 17.2 Å². The Balaban J connectivity index is 1.51. The Morgan fingerprint density at radius 1 is 0.938 bits per heavy atom.